The molecule has 2 heteroatoms. The molecule has 0 aromatic carbocycles. The van der Waals surface area contributed by atoms with Crippen molar-refractivity contribution in [1.82, 2.24) is 0 Å². The van der Waals surface area contributed by atoms with Crippen LogP contribution in [0, 0.1) is 5.92 Å². The molecule has 0 N–H and O–H groups in total. The van der Waals surface area contributed by atoms with Crippen molar-refractivity contribution in [3.8, 4) is 0 Å². The van der Waals surface area contributed by atoms with E-state index >= 15 is 0 Å². The molecule has 0 atom stereocenters. The van der Waals surface area contributed by atoms with Crippen LogP contribution in [-0.4, -0.2) is 12.6 Å². The van der Waals surface area contributed by atoms with Crippen molar-refractivity contribution >= 4 is 5.97 Å². The van der Waals surface area contributed by atoms with E-state index in [-0.39, 0.29) is 11.9 Å². The lowest BCUT2D eigenvalue weighted by Crippen LogP contribution is -2.15. The van der Waals surface area contributed by atoms with Crippen LogP contribution < -0.4 is 0 Å². The van der Waals surface area contributed by atoms with Crippen LogP contribution in [0.1, 0.15) is 26.2 Å². The molecule has 1 aliphatic rings. The lowest BCUT2D eigenvalue weighted by atomic mass is 10.0. The van der Waals surface area contributed by atoms with Gasteiger partial charge < -0.3 is 4.74 Å². The standard InChI is InChI=1S/C11H16O2/c1-2-3-9-13-11(12)10-7-5-4-6-8-10/h5-8,10H,2-4,9H2,1H3. The van der Waals surface area contributed by atoms with Gasteiger partial charge in [0, 0.05) is 0 Å². The third kappa shape index (κ3) is 3.45. The van der Waals surface area contributed by atoms with Gasteiger partial charge in [0.25, 0.3) is 0 Å². The topological polar surface area (TPSA) is 26.3 Å². The number of rotatable bonds is 4. The molecule has 0 amide bonds. The number of carbonyl (C=O) groups excluding carboxylic acids is 1. The predicted molar refractivity (Wildman–Crippen MR) is 52.3 cm³/mol. The first kappa shape index (κ1) is 10.0. The summed E-state index contributed by atoms with van der Waals surface area (Å²) in [4.78, 5) is 11.3. The third-order valence-corrected chi connectivity index (χ3v) is 1.97. The maximum Gasteiger partial charge on any atom is 0.316 e. The van der Waals surface area contributed by atoms with Crippen molar-refractivity contribution in [2.24, 2.45) is 5.92 Å². The van der Waals surface area contributed by atoms with E-state index in [0.29, 0.717) is 6.61 Å². The molecule has 1 aliphatic carbocycles. The van der Waals surface area contributed by atoms with Crippen molar-refractivity contribution in [3.63, 3.8) is 0 Å². The van der Waals surface area contributed by atoms with Gasteiger partial charge in [0.1, 0.15) is 0 Å². The average molecular weight is 180 g/mol. The fourth-order valence-corrected chi connectivity index (χ4v) is 1.16. The van der Waals surface area contributed by atoms with E-state index in [9.17, 15) is 4.79 Å². The Morgan fingerprint density at radius 2 is 2.15 bits per heavy atom. The minimum atomic E-state index is -0.148. The van der Waals surface area contributed by atoms with E-state index in [4.69, 9.17) is 4.74 Å². The summed E-state index contributed by atoms with van der Waals surface area (Å²) >= 11 is 0. The highest BCUT2D eigenvalue weighted by Crippen LogP contribution is 2.11. The second-order valence-electron chi connectivity index (χ2n) is 3.14. The molecule has 0 bridgehead atoms. The fraction of sp³-hybridized carbons (Fsp3) is 0.545. The number of carbonyl (C=O) groups is 1. The molecule has 2 nitrogen and oxygen atoms in total. The second kappa shape index (κ2) is 5.57. The van der Waals surface area contributed by atoms with Crippen LogP contribution >= 0.6 is 0 Å². The van der Waals surface area contributed by atoms with Crippen LogP contribution in [0.15, 0.2) is 24.3 Å². The normalized spacial score (nSPS) is 16.1. The Hall–Kier alpha value is -1.05. The molecular formula is C11H16O2. The molecule has 0 heterocycles. The maximum absolute atomic E-state index is 11.3. The Balaban J connectivity index is 2.26. The molecule has 0 saturated heterocycles. The molecule has 0 radical (unpaired) electrons. The largest absolute Gasteiger partial charge is 0.465 e. The number of esters is 1. The van der Waals surface area contributed by atoms with E-state index in [1.165, 1.54) is 0 Å². The number of hydrogen-bond acceptors (Lipinski definition) is 2. The van der Waals surface area contributed by atoms with Gasteiger partial charge in [-0.2, -0.15) is 0 Å². The highest BCUT2D eigenvalue weighted by atomic mass is 16.5. The minimum Gasteiger partial charge on any atom is -0.465 e. The van der Waals surface area contributed by atoms with E-state index in [1.807, 2.05) is 24.3 Å². The van der Waals surface area contributed by atoms with Crippen molar-refractivity contribution < 1.29 is 9.53 Å². The van der Waals surface area contributed by atoms with Crippen LogP contribution in [0.5, 0.6) is 0 Å². The highest BCUT2D eigenvalue weighted by Gasteiger charge is 2.14. The van der Waals surface area contributed by atoms with Gasteiger partial charge in [-0.15, -0.1) is 0 Å². The molecule has 0 fully saturated rings. The van der Waals surface area contributed by atoms with Gasteiger partial charge in [0.2, 0.25) is 0 Å². The molecule has 0 aromatic rings. The molecule has 0 spiro atoms. The van der Waals surface area contributed by atoms with Crippen molar-refractivity contribution in [3.05, 3.63) is 24.3 Å². The lowest BCUT2D eigenvalue weighted by molar-refractivity contribution is -0.145. The molecule has 0 aromatic heterocycles. The number of hydrogen-bond donors (Lipinski definition) is 0. The van der Waals surface area contributed by atoms with Gasteiger partial charge in [-0.3, -0.25) is 4.79 Å². The fourth-order valence-electron chi connectivity index (χ4n) is 1.16. The van der Waals surface area contributed by atoms with Gasteiger partial charge in [-0.25, -0.2) is 0 Å². The van der Waals surface area contributed by atoms with Gasteiger partial charge in [-0.05, 0) is 12.8 Å². The third-order valence-electron chi connectivity index (χ3n) is 1.97. The maximum atomic E-state index is 11.3. The summed E-state index contributed by atoms with van der Waals surface area (Å²) in [5, 5.41) is 0. The molecule has 72 valence electrons. The van der Waals surface area contributed by atoms with E-state index in [1.54, 1.807) is 0 Å². The van der Waals surface area contributed by atoms with Crippen LogP contribution in [0.25, 0.3) is 0 Å². The van der Waals surface area contributed by atoms with Gasteiger partial charge in [0.05, 0.1) is 12.5 Å². The second-order valence-corrected chi connectivity index (χ2v) is 3.14. The van der Waals surface area contributed by atoms with E-state index in [0.717, 1.165) is 19.3 Å². The van der Waals surface area contributed by atoms with E-state index in [2.05, 4.69) is 6.92 Å². The molecule has 1 rings (SSSR count). The average Bonchev–Trinajstić information content (AvgIpc) is 2.19. The monoisotopic (exact) mass is 180 g/mol. The molecular weight excluding hydrogens is 164 g/mol. The van der Waals surface area contributed by atoms with Gasteiger partial charge >= 0.3 is 5.97 Å². The minimum absolute atomic E-state index is 0.124. The zero-order chi connectivity index (χ0) is 9.52. The summed E-state index contributed by atoms with van der Waals surface area (Å²) in [5.74, 6) is -0.272. The first-order valence-electron chi connectivity index (χ1n) is 4.84. The van der Waals surface area contributed by atoms with Gasteiger partial charge in [-0.1, -0.05) is 37.6 Å². The summed E-state index contributed by atoms with van der Waals surface area (Å²) < 4.78 is 5.08. The summed E-state index contributed by atoms with van der Waals surface area (Å²) in [6.07, 6.45) is 10.7. The smallest absolute Gasteiger partial charge is 0.316 e. The van der Waals surface area contributed by atoms with Crippen LogP contribution in [0.3, 0.4) is 0 Å². The van der Waals surface area contributed by atoms with Crippen molar-refractivity contribution in [2.45, 2.75) is 26.2 Å². The van der Waals surface area contributed by atoms with Crippen LogP contribution in [0.2, 0.25) is 0 Å². The summed E-state index contributed by atoms with van der Waals surface area (Å²) in [6.45, 7) is 2.63. The Morgan fingerprint density at radius 3 is 2.77 bits per heavy atom. The first-order chi connectivity index (χ1) is 6.34. The van der Waals surface area contributed by atoms with Crippen molar-refractivity contribution in [2.75, 3.05) is 6.61 Å². The predicted octanol–water partition coefficient (Wildman–Crippen LogP) is 2.46. The molecule has 13 heavy (non-hydrogen) atoms. The number of unbranched alkanes of at least 4 members (excludes halogenated alkanes) is 1. The van der Waals surface area contributed by atoms with E-state index < -0.39 is 0 Å². The summed E-state index contributed by atoms with van der Waals surface area (Å²) in [5.41, 5.74) is 0. The first-order valence-corrected chi connectivity index (χ1v) is 4.84. The molecule has 0 saturated carbocycles. The quantitative estimate of drug-likeness (QED) is 0.377. The van der Waals surface area contributed by atoms with Crippen molar-refractivity contribution in [1.29, 1.82) is 0 Å². The Morgan fingerprint density at radius 1 is 1.46 bits per heavy atom. The molecule has 0 unspecified atom stereocenters. The van der Waals surface area contributed by atoms with Crippen LogP contribution in [-0.2, 0) is 9.53 Å². The summed E-state index contributed by atoms with van der Waals surface area (Å²) in [7, 11) is 0. The zero-order valence-electron chi connectivity index (χ0n) is 8.03. The molecule has 0 aliphatic heterocycles. The Kier molecular flexibility index (Phi) is 4.30. The SMILES string of the molecule is CCCCOC(=O)C1C=CCC=C1. The zero-order valence-corrected chi connectivity index (χ0v) is 8.03. The Bertz CT molecular complexity index is 204. The van der Waals surface area contributed by atoms with Crippen LogP contribution in [0.4, 0.5) is 0 Å². The highest BCUT2D eigenvalue weighted by molar-refractivity contribution is 5.76. The lowest BCUT2D eigenvalue weighted by Gasteiger charge is -2.10. The summed E-state index contributed by atoms with van der Waals surface area (Å²) in [6, 6.07) is 0. The van der Waals surface area contributed by atoms with Gasteiger partial charge in [0.15, 0.2) is 0 Å². The Labute approximate surface area is 79.3 Å². The number of allylic oxidation sites excluding steroid dienone is 2. The number of ether oxygens (including phenoxy) is 1.